The van der Waals surface area contributed by atoms with Crippen molar-refractivity contribution in [2.75, 3.05) is 45.8 Å². The third-order valence-corrected chi connectivity index (χ3v) is 18.0. The van der Waals surface area contributed by atoms with E-state index in [1.165, 1.54) is 0 Å². The molecule has 2 fully saturated rings. The Hall–Kier alpha value is -4.36. The Labute approximate surface area is 385 Å². The number of allylic oxidation sites excluding steroid dienone is 3. The molecule has 1 aromatic carbocycles. The van der Waals surface area contributed by atoms with Crippen LogP contribution in [0.15, 0.2) is 85.9 Å². The molecular weight excluding hydrogens is 873 g/mol. The van der Waals surface area contributed by atoms with Gasteiger partial charge in [-0.25, -0.2) is 9.59 Å². The molecule has 1 aromatic heterocycles. The third-order valence-electron chi connectivity index (χ3n) is 15.2. The second-order valence-electron chi connectivity index (χ2n) is 18.6. The Morgan fingerprint density at radius 1 is 1.17 bits per heavy atom. The van der Waals surface area contributed by atoms with E-state index in [4.69, 9.17) is 19.6 Å². The average molecular weight is 931 g/mol. The van der Waals surface area contributed by atoms with Gasteiger partial charge in [0, 0.05) is 96.6 Å². The molecule has 1 saturated carbocycles. The Bertz CT molecular complexity index is 2500. The first-order chi connectivity index (χ1) is 31.3. The Morgan fingerprint density at radius 3 is 2.71 bits per heavy atom. The molecule has 2 aromatic rings. The fourth-order valence-corrected chi connectivity index (χ4v) is 15.0. The Balaban J connectivity index is 1.21. The van der Waals surface area contributed by atoms with Gasteiger partial charge in [-0.05, 0) is 87.1 Å². The number of hydrogen-bond acceptors (Lipinski definition) is 16. The van der Waals surface area contributed by atoms with Gasteiger partial charge in [-0.3, -0.25) is 9.59 Å². The number of hydrogen-bond donors (Lipinski definition) is 7. The summed E-state index contributed by atoms with van der Waals surface area (Å²) in [6.45, 7) is 2.67. The van der Waals surface area contributed by atoms with Crippen LogP contribution in [0.4, 0.5) is 0 Å². The van der Waals surface area contributed by atoms with Gasteiger partial charge < -0.3 is 55.6 Å². The smallest absolute Gasteiger partial charge is 0.339 e. The summed E-state index contributed by atoms with van der Waals surface area (Å²) >= 11 is 0. The molecule has 1 amide bonds. The summed E-state index contributed by atoms with van der Waals surface area (Å²) in [4.78, 5) is 58.2. The maximum atomic E-state index is 15.0. The van der Waals surface area contributed by atoms with Crippen LogP contribution < -0.4 is 26.7 Å². The molecular formula is C48H58N4O11S2. The molecule has 17 heteroatoms. The topological polar surface area (TPSA) is 234 Å². The molecule has 0 radical (unpaired) electrons. The summed E-state index contributed by atoms with van der Waals surface area (Å²) in [5.74, 6) is -1.44. The third kappa shape index (κ3) is 7.58. The minimum absolute atomic E-state index is 0.0333. The van der Waals surface area contributed by atoms with Gasteiger partial charge in [0.1, 0.15) is 11.3 Å². The summed E-state index contributed by atoms with van der Waals surface area (Å²) < 4.78 is 20.0. The molecule has 3 aliphatic carbocycles. The number of ketones is 1. The maximum absolute atomic E-state index is 15.0. The lowest BCUT2D eigenvalue weighted by molar-refractivity contribution is -0.202. The zero-order valence-electron chi connectivity index (χ0n) is 36.8. The van der Waals surface area contributed by atoms with Crippen molar-refractivity contribution < 1.29 is 48.7 Å². The zero-order chi connectivity index (χ0) is 45.9. The normalized spacial score (nSPS) is 33.3. The average Bonchev–Trinajstić information content (AvgIpc) is 3.64. The van der Waals surface area contributed by atoms with Crippen molar-refractivity contribution >= 4 is 50.2 Å². The molecule has 11 atom stereocenters. The number of fused-ring (bicyclic) bond motifs is 7. The summed E-state index contributed by atoms with van der Waals surface area (Å²) in [5, 5.41) is 48.1. The van der Waals surface area contributed by atoms with Gasteiger partial charge in [0.05, 0.1) is 36.9 Å². The first kappa shape index (κ1) is 45.8. The minimum Gasteiger partial charge on any atom is -0.481 e. The number of aliphatic hydroxyl groups is 4. The van der Waals surface area contributed by atoms with Crippen LogP contribution in [0.2, 0.25) is 0 Å². The van der Waals surface area contributed by atoms with Crippen molar-refractivity contribution in [1.29, 1.82) is 0 Å². The number of aliphatic hydroxyl groups excluding tert-OH is 4. The highest BCUT2D eigenvalue weighted by Crippen LogP contribution is 2.60. The molecule has 65 heavy (non-hydrogen) atoms. The lowest BCUT2D eigenvalue weighted by atomic mass is 9.57. The SMILES string of the molecule is CC=C(CCO)C(=O)OC1(C)C(CO)C=C2CSSC3CC4C(=O)C=CC5C(C4NC)C3N5C(=O)CC3=C(C=C(N)NC3)C2C12Cc1cc3cc(CC(CO)CCO)c(=O)oc3cc1O2. The molecule has 7 aliphatic rings. The van der Waals surface area contributed by atoms with Crippen LogP contribution >= 0.6 is 21.6 Å². The van der Waals surface area contributed by atoms with Gasteiger partial charge in [0.2, 0.25) is 5.91 Å². The number of benzene rings is 1. The van der Waals surface area contributed by atoms with Gasteiger partial charge in [-0.1, -0.05) is 45.4 Å². The molecule has 9 rings (SSSR count). The van der Waals surface area contributed by atoms with Crippen LogP contribution in [0.25, 0.3) is 11.0 Å². The van der Waals surface area contributed by atoms with E-state index >= 15 is 0 Å². The number of nitrogens with zero attached hydrogens (tertiary/aromatic N) is 1. The lowest BCUT2D eigenvalue weighted by Gasteiger charge is -2.62. The van der Waals surface area contributed by atoms with Gasteiger partial charge in [-0.2, -0.15) is 0 Å². The molecule has 348 valence electrons. The largest absolute Gasteiger partial charge is 0.481 e. The monoisotopic (exact) mass is 930 g/mol. The van der Waals surface area contributed by atoms with Crippen molar-refractivity contribution in [3.05, 3.63) is 98.2 Å². The van der Waals surface area contributed by atoms with E-state index in [1.807, 2.05) is 36.2 Å². The van der Waals surface area contributed by atoms with E-state index in [0.29, 0.717) is 41.1 Å². The minimum atomic E-state index is -1.60. The zero-order valence-corrected chi connectivity index (χ0v) is 38.4. The highest BCUT2D eigenvalue weighted by molar-refractivity contribution is 8.77. The summed E-state index contributed by atoms with van der Waals surface area (Å²) in [6.07, 6.45) is 10.4. The van der Waals surface area contributed by atoms with Gasteiger partial charge >= 0.3 is 11.6 Å². The number of rotatable bonds is 11. The van der Waals surface area contributed by atoms with E-state index in [1.54, 1.807) is 59.7 Å². The quantitative estimate of drug-likeness (QED) is 0.0564. The predicted molar refractivity (Wildman–Crippen MR) is 246 cm³/mol. The number of dihydropyridines is 1. The highest BCUT2D eigenvalue weighted by Gasteiger charge is 2.68. The molecule has 15 nitrogen and oxygen atoms in total. The first-order valence-corrected chi connectivity index (χ1v) is 24.9. The van der Waals surface area contributed by atoms with Crippen LogP contribution in [0, 0.1) is 29.6 Å². The van der Waals surface area contributed by atoms with Gasteiger partial charge in [-0.15, -0.1) is 0 Å². The second-order valence-corrected chi connectivity index (χ2v) is 21.2. The molecule has 1 spiro atoms. The van der Waals surface area contributed by atoms with E-state index in [0.717, 1.165) is 22.3 Å². The highest BCUT2D eigenvalue weighted by atomic mass is 33.1. The van der Waals surface area contributed by atoms with E-state index < -0.39 is 41.2 Å². The van der Waals surface area contributed by atoms with Crippen molar-refractivity contribution in [1.82, 2.24) is 15.5 Å². The fourth-order valence-electron chi connectivity index (χ4n) is 12.0. The summed E-state index contributed by atoms with van der Waals surface area (Å²) in [7, 11) is 5.21. The van der Waals surface area contributed by atoms with Crippen molar-refractivity contribution in [2.45, 2.75) is 86.9 Å². The number of amides is 1. The second kappa shape index (κ2) is 18.0. The van der Waals surface area contributed by atoms with Crippen LogP contribution in [-0.2, 0) is 32.0 Å². The number of nitrogens with one attached hydrogen (secondary N) is 2. The maximum Gasteiger partial charge on any atom is 0.339 e. The van der Waals surface area contributed by atoms with Crippen LogP contribution in [0.5, 0.6) is 5.75 Å². The van der Waals surface area contributed by atoms with Crippen molar-refractivity contribution in [2.24, 2.45) is 35.3 Å². The van der Waals surface area contributed by atoms with Crippen LogP contribution in [0.3, 0.4) is 0 Å². The standard InChI is InChI=1S/C48H58N4O11S2/c1-4-25(8-10-54)46(60)63-47(2)31(22-56)14-30-23-64-65-38-16-33-35(57)6-5-34-41(43(33)50-3)44(38)52(34)40(58)15-29-20-51-39(49)17-32(29)42(30)48(47)19-28-13-26-12-27(11-24(21-55)7-9-53)45(59)61-36(26)18-37(28)62-48/h4-6,12-14,17-18,24,31,33-34,38,41-44,50-51,53-56H,7-11,15-16,19-23,49H2,1-3H3. The number of nitrogens with two attached hydrogens (primary N) is 1. The van der Waals surface area contributed by atoms with E-state index in [9.17, 15) is 39.6 Å². The summed E-state index contributed by atoms with van der Waals surface area (Å²) in [6, 6.07) is 4.91. The van der Waals surface area contributed by atoms with E-state index in [-0.39, 0.29) is 116 Å². The Kier molecular flexibility index (Phi) is 12.7. The van der Waals surface area contributed by atoms with E-state index in [2.05, 4.69) is 10.6 Å². The number of carbonyl (C=O) groups is 3. The predicted octanol–water partition coefficient (Wildman–Crippen LogP) is 2.59. The molecule has 11 unspecified atom stereocenters. The molecule has 5 heterocycles. The van der Waals surface area contributed by atoms with Crippen LogP contribution in [0.1, 0.15) is 50.7 Å². The number of esters is 1. The Morgan fingerprint density at radius 2 is 1.98 bits per heavy atom. The van der Waals surface area contributed by atoms with Gasteiger partial charge in [0.15, 0.2) is 17.0 Å². The lowest BCUT2D eigenvalue weighted by Crippen LogP contribution is -2.75. The first-order valence-electron chi connectivity index (χ1n) is 22.6. The summed E-state index contributed by atoms with van der Waals surface area (Å²) in [5.41, 5.74) is 6.97. The van der Waals surface area contributed by atoms with Crippen LogP contribution in [-0.4, -0.2) is 123 Å². The van der Waals surface area contributed by atoms with Crippen molar-refractivity contribution in [3.8, 4) is 5.75 Å². The molecule has 8 N–H and O–H groups in total. The number of carbonyl (C=O) groups excluding carboxylic acids is 3. The van der Waals surface area contributed by atoms with Crippen molar-refractivity contribution in [3.63, 3.8) is 0 Å². The fraction of sp³-hybridized carbons (Fsp3) is 0.542. The number of ether oxygens (including phenoxy) is 2. The molecule has 2 bridgehead atoms. The van der Waals surface area contributed by atoms with Gasteiger partial charge in [0.25, 0.3) is 0 Å². The molecule has 4 aliphatic heterocycles. The molecule has 1 saturated heterocycles.